The van der Waals surface area contributed by atoms with Crippen LogP contribution in [0.15, 0.2) is 0 Å². The molecule has 0 saturated heterocycles. The number of hydrogen-bond acceptors (Lipinski definition) is 2. The van der Waals surface area contributed by atoms with Gasteiger partial charge in [-0.05, 0) is 128 Å². The van der Waals surface area contributed by atoms with Gasteiger partial charge >= 0.3 is 0 Å². The van der Waals surface area contributed by atoms with E-state index in [0.29, 0.717) is 28.6 Å². The van der Waals surface area contributed by atoms with Gasteiger partial charge in [0.1, 0.15) is 0 Å². The van der Waals surface area contributed by atoms with Gasteiger partial charge in [0.25, 0.3) is 0 Å². The first-order valence-corrected chi connectivity index (χ1v) is 14.0. The maximum absolute atomic E-state index is 11.8. The van der Waals surface area contributed by atoms with Crippen LogP contribution in [0.1, 0.15) is 120 Å². The Morgan fingerprint density at radius 1 is 0.719 bits per heavy atom. The minimum Gasteiger partial charge on any atom is -0.393 e. The van der Waals surface area contributed by atoms with Crippen LogP contribution in [0.5, 0.6) is 0 Å². The maximum Gasteiger partial charge on any atom is 0.0622 e. The zero-order valence-electron chi connectivity index (χ0n) is 22.4. The van der Waals surface area contributed by atoms with Crippen LogP contribution in [0, 0.1) is 56.7 Å². The molecule has 184 valence electrons. The van der Waals surface area contributed by atoms with Crippen LogP contribution in [0.4, 0.5) is 0 Å². The second-order valence-corrected chi connectivity index (χ2v) is 15.6. The van der Waals surface area contributed by atoms with Gasteiger partial charge in [-0.3, -0.25) is 0 Å². The molecule has 5 aliphatic rings. The van der Waals surface area contributed by atoms with Crippen LogP contribution in [0.3, 0.4) is 0 Å². The van der Waals surface area contributed by atoms with Crippen molar-refractivity contribution in [1.29, 1.82) is 0 Å². The van der Waals surface area contributed by atoms with Crippen molar-refractivity contribution >= 4 is 0 Å². The van der Waals surface area contributed by atoms with E-state index in [9.17, 15) is 10.2 Å². The SMILES string of the molecule is CC(C)(O)[C@H]1CC[C@@]2(C)C1CC[C@]1(C)C2CCC2[C@@]3(C)CCCC(C)(C)[C@@H]3[C@@H](O)C[C@]21C. The number of rotatable bonds is 1. The van der Waals surface area contributed by atoms with Crippen LogP contribution in [-0.4, -0.2) is 21.9 Å². The summed E-state index contributed by atoms with van der Waals surface area (Å²) < 4.78 is 0. The standard InChI is InChI=1S/C30H52O2/c1-25(2)14-9-15-28(6)23-11-10-22-27(5)16-12-19(26(3,4)32)20(27)13-17-29(22,7)30(23,8)18-21(31)24(25)28/h19-24,31-32H,9-18H2,1-8H3/t19-,20?,21-,22?,23?,24-,27-,28+,29+,30+/m0/s1. The molecule has 5 rings (SSSR count). The molecule has 0 spiro atoms. The number of aliphatic hydroxyl groups is 2. The molecule has 0 amide bonds. The van der Waals surface area contributed by atoms with Crippen molar-refractivity contribution in [3.8, 4) is 0 Å². The first-order valence-electron chi connectivity index (χ1n) is 14.0. The highest BCUT2D eigenvalue weighted by Crippen LogP contribution is 2.78. The first-order chi connectivity index (χ1) is 14.6. The summed E-state index contributed by atoms with van der Waals surface area (Å²) in [6.07, 6.45) is 12.5. The second kappa shape index (κ2) is 6.77. The molecule has 0 radical (unpaired) electrons. The molecular weight excluding hydrogens is 392 g/mol. The van der Waals surface area contributed by atoms with E-state index in [4.69, 9.17) is 0 Å². The fraction of sp³-hybridized carbons (Fsp3) is 1.00. The molecule has 3 unspecified atom stereocenters. The maximum atomic E-state index is 11.8. The Hall–Kier alpha value is -0.0800. The molecule has 2 N–H and O–H groups in total. The van der Waals surface area contributed by atoms with E-state index >= 15 is 0 Å². The third kappa shape index (κ3) is 2.78. The Morgan fingerprint density at radius 3 is 1.97 bits per heavy atom. The van der Waals surface area contributed by atoms with Crippen molar-refractivity contribution in [1.82, 2.24) is 0 Å². The summed E-state index contributed by atoms with van der Waals surface area (Å²) in [5.74, 6) is 3.01. The Balaban J connectivity index is 1.54. The van der Waals surface area contributed by atoms with Crippen molar-refractivity contribution in [3.63, 3.8) is 0 Å². The Morgan fingerprint density at radius 2 is 1.34 bits per heavy atom. The van der Waals surface area contributed by atoms with Gasteiger partial charge in [0.05, 0.1) is 11.7 Å². The van der Waals surface area contributed by atoms with E-state index in [2.05, 4.69) is 55.4 Å². The lowest BCUT2D eigenvalue weighted by atomic mass is 9.31. The molecule has 5 aliphatic carbocycles. The van der Waals surface area contributed by atoms with Crippen LogP contribution in [-0.2, 0) is 0 Å². The Kier molecular flexibility index (Phi) is 5.01. The Labute approximate surface area is 198 Å². The summed E-state index contributed by atoms with van der Waals surface area (Å²) in [4.78, 5) is 0. The fourth-order valence-corrected chi connectivity index (χ4v) is 12.3. The van der Waals surface area contributed by atoms with Gasteiger partial charge in [-0.25, -0.2) is 0 Å². The minimum absolute atomic E-state index is 0.162. The minimum atomic E-state index is -0.563. The lowest BCUT2D eigenvalue weighted by molar-refractivity contribution is -0.268. The lowest BCUT2D eigenvalue weighted by Crippen LogP contribution is -2.68. The number of hydrogen-bond donors (Lipinski definition) is 2. The van der Waals surface area contributed by atoms with E-state index in [-0.39, 0.29) is 22.3 Å². The quantitative estimate of drug-likeness (QED) is 0.448. The van der Waals surface area contributed by atoms with Gasteiger partial charge in [0.15, 0.2) is 0 Å². The van der Waals surface area contributed by atoms with Crippen LogP contribution in [0.25, 0.3) is 0 Å². The highest BCUT2D eigenvalue weighted by atomic mass is 16.3. The van der Waals surface area contributed by atoms with E-state index in [0.717, 1.165) is 18.3 Å². The second-order valence-electron chi connectivity index (χ2n) is 15.6. The molecule has 2 heteroatoms. The summed E-state index contributed by atoms with van der Waals surface area (Å²) in [5, 5.41) is 22.8. The fourth-order valence-electron chi connectivity index (χ4n) is 12.3. The molecule has 0 aromatic rings. The summed E-state index contributed by atoms with van der Waals surface area (Å²) in [7, 11) is 0. The smallest absolute Gasteiger partial charge is 0.0622 e. The van der Waals surface area contributed by atoms with Gasteiger partial charge in [-0.15, -0.1) is 0 Å². The highest BCUT2D eigenvalue weighted by Gasteiger charge is 2.72. The summed E-state index contributed by atoms with van der Waals surface area (Å²) in [5.41, 5.74) is 0.819. The van der Waals surface area contributed by atoms with E-state index in [1.165, 1.54) is 57.8 Å². The van der Waals surface area contributed by atoms with Crippen LogP contribution >= 0.6 is 0 Å². The molecule has 0 aromatic carbocycles. The molecule has 32 heavy (non-hydrogen) atoms. The van der Waals surface area contributed by atoms with Gasteiger partial charge < -0.3 is 10.2 Å². The monoisotopic (exact) mass is 444 g/mol. The van der Waals surface area contributed by atoms with Crippen molar-refractivity contribution in [2.75, 3.05) is 0 Å². The highest BCUT2D eigenvalue weighted by molar-refractivity contribution is 5.20. The molecule has 0 heterocycles. The molecule has 10 atom stereocenters. The average Bonchev–Trinajstić information content (AvgIpc) is 2.98. The largest absolute Gasteiger partial charge is 0.393 e. The van der Waals surface area contributed by atoms with Gasteiger partial charge in [0, 0.05) is 0 Å². The van der Waals surface area contributed by atoms with Crippen molar-refractivity contribution in [2.24, 2.45) is 56.7 Å². The zero-order valence-corrected chi connectivity index (χ0v) is 22.4. The van der Waals surface area contributed by atoms with Gasteiger partial charge in [-0.2, -0.15) is 0 Å². The Bertz CT molecular complexity index is 765. The van der Waals surface area contributed by atoms with Crippen LogP contribution < -0.4 is 0 Å². The van der Waals surface area contributed by atoms with Crippen LogP contribution in [0.2, 0.25) is 0 Å². The first kappa shape index (κ1) is 23.7. The molecular formula is C30H52O2. The average molecular weight is 445 g/mol. The summed E-state index contributed by atoms with van der Waals surface area (Å²) >= 11 is 0. The van der Waals surface area contributed by atoms with Crippen molar-refractivity contribution in [3.05, 3.63) is 0 Å². The van der Waals surface area contributed by atoms with Gasteiger partial charge in [0.2, 0.25) is 0 Å². The molecule has 2 nitrogen and oxygen atoms in total. The molecule has 5 saturated carbocycles. The molecule has 0 aromatic heterocycles. The van der Waals surface area contributed by atoms with E-state index in [1.54, 1.807) is 0 Å². The predicted octanol–water partition coefficient (Wildman–Crippen LogP) is 7.22. The molecule has 0 aliphatic heterocycles. The summed E-state index contributed by atoms with van der Waals surface area (Å²) in [6.45, 7) is 19.4. The number of aliphatic hydroxyl groups excluding tert-OH is 1. The molecule has 0 bridgehead atoms. The van der Waals surface area contributed by atoms with Crippen molar-refractivity contribution in [2.45, 2.75) is 131 Å². The normalized spacial score (nSPS) is 57.2. The zero-order chi connectivity index (χ0) is 23.5. The van der Waals surface area contributed by atoms with E-state index < -0.39 is 5.60 Å². The lowest BCUT2D eigenvalue weighted by Gasteiger charge is -2.73. The number of fused-ring (bicyclic) bond motifs is 7. The third-order valence-corrected chi connectivity index (χ3v) is 13.5. The van der Waals surface area contributed by atoms with E-state index in [1.807, 2.05) is 0 Å². The van der Waals surface area contributed by atoms with Gasteiger partial charge in [-0.1, -0.05) is 48.0 Å². The topological polar surface area (TPSA) is 40.5 Å². The van der Waals surface area contributed by atoms with Crippen molar-refractivity contribution < 1.29 is 10.2 Å². The summed E-state index contributed by atoms with van der Waals surface area (Å²) in [6, 6.07) is 0. The molecule has 5 fully saturated rings. The predicted molar refractivity (Wildman–Crippen MR) is 132 cm³/mol. The third-order valence-electron chi connectivity index (χ3n) is 13.5.